The van der Waals surface area contributed by atoms with Gasteiger partial charge < -0.3 is 14.4 Å². The summed E-state index contributed by atoms with van der Waals surface area (Å²) >= 11 is 1.67. The summed E-state index contributed by atoms with van der Waals surface area (Å²) in [5.74, 6) is 1.03. The van der Waals surface area contributed by atoms with E-state index in [-0.39, 0.29) is 5.91 Å². The molecule has 2 aromatic rings. The van der Waals surface area contributed by atoms with E-state index in [1.54, 1.807) is 18.4 Å². The Kier molecular flexibility index (Phi) is 6.33. The summed E-state index contributed by atoms with van der Waals surface area (Å²) in [7, 11) is 1.66. The standard InChI is InChI=1S/C21H27NO3S/c1-3-11-22(15-17-8-14-26-16-17)20(23)21(9-12-25-13-10-21)18-4-6-19(24-2)7-5-18/h4-8,14,16H,3,9-13,15H2,1-2H3. The summed E-state index contributed by atoms with van der Waals surface area (Å²) in [5.41, 5.74) is 1.77. The Labute approximate surface area is 159 Å². The highest BCUT2D eigenvalue weighted by atomic mass is 32.1. The molecule has 4 nitrogen and oxygen atoms in total. The fourth-order valence-corrected chi connectivity index (χ4v) is 4.34. The van der Waals surface area contributed by atoms with E-state index in [1.807, 2.05) is 29.2 Å². The molecular weight excluding hydrogens is 346 g/mol. The number of ether oxygens (including phenoxy) is 2. The van der Waals surface area contributed by atoms with Crippen LogP contribution in [0.1, 0.15) is 37.3 Å². The Bertz CT molecular complexity index is 691. The van der Waals surface area contributed by atoms with E-state index in [2.05, 4.69) is 23.8 Å². The average molecular weight is 374 g/mol. The van der Waals surface area contributed by atoms with Crippen molar-refractivity contribution in [2.75, 3.05) is 26.9 Å². The number of methoxy groups -OCH3 is 1. The summed E-state index contributed by atoms with van der Waals surface area (Å²) in [4.78, 5) is 15.8. The van der Waals surface area contributed by atoms with E-state index in [4.69, 9.17) is 9.47 Å². The van der Waals surface area contributed by atoms with Crippen molar-refractivity contribution < 1.29 is 14.3 Å². The molecule has 0 aliphatic carbocycles. The van der Waals surface area contributed by atoms with Crippen molar-refractivity contribution in [3.8, 4) is 5.75 Å². The molecule has 1 fully saturated rings. The normalized spacial score (nSPS) is 16.2. The predicted octanol–water partition coefficient (Wildman–Crippen LogP) is 4.24. The Morgan fingerprint density at radius 2 is 1.96 bits per heavy atom. The lowest BCUT2D eigenvalue weighted by molar-refractivity contribution is -0.142. The molecule has 5 heteroatoms. The van der Waals surface area contributed by atoms with E-state index in [0.717, 1.165) is 37.1 Å². The number of hydrogen-bond donors (Lipinski definition) is 0. The highest BCUT2D eigenvalue weighted by Gasteiger charge is 2.43. The molecule has 0 radical (unpaired) electrons. The first kappa shape index (κ1) is 18.9. The van der Waals surface area contributed by atoms with Crippen molar-refractivity contribution >= 4 is 17.2 Å². The Balaban J connectivity index is 1.92. The summed E-state index contributed by atoms with van der Waals surface area (Å²) in [6.45, 7) is 4.81. The van der Waals surface area contributed by atoms with Crippen molar-refractivity contribution in [2.45, 2.75) is 38.1 Å². The summed E-state index contributed by atoms with van der Waals surface area (Å²) in [6.07, 6.45) is 2.40. The van der Waals surface area contributed by atoms with E-state index in [0.29, 0.717) is 19.8 Å². The lowest BCUT2D eigenvalue weighted by Gasteiger charge is -2.40. The highest BCUT2D eigenvalue weighted by molar-refractivity contribution is 7.07. The molecule has 1 saturated heterocycles. The van der Waals surface area contributed by atoms with Gasteiger partial charge in [-0.25, -0.2) is 0 Å². The van der Waals surface area contributed by atoms with E-state index in [1.165, 1.54) is 5.56 Å². The average Bonchev–Trinajstić information content (AvgIpc) is 3.21. The molecule has 1 aromatic carbocycles. The summed E-state index contributed by atoms with van der Waals surface area (Å²) in [5, 5.41) is 4.19. The fourth-order valence-electron chi connectivity index (χ4n) is 3.68. The van der Waals surface area contributed by atoms with E-state index >= 15 is 0 Å². The minimum atomic E-state index is -0.504. The smallest absolute Gasteiger partial charge is 0.233 e. The van der Waals surface area contributed by atoms with E-state index in [9.17, 15) is 4.79 Å². The third kappa shape index (κ3) is 3.94. The lowest BCUT2D eigenvalue weighted by Crippen LogP contribution is -2.49. The maximum absolute atomic E-state index is 13.7. The molecule has 0 atom stereocenters. The van der Waals surface area contributed by atoms with Crippen LogP contribution >= 0.6 is 11.3 Å². The first-order chi connectivity index (χ1) is 12.7. The van der Waals surface area contributed by atoms with Gasteiger partial charge in [0.15, 0.2) is 0 Å². The quantitative estimate of drug-likeness (QED) is 0.728. The Morgan fingerprint density at radius 3 is 2.54 bits per heavy atom. The second-order valence-electron chi connectivity index (χ2n) is 6.78. The van der Waals surface area contributed by atoms with Crippen LogP contribution in [-0.2, 0) is 21.5 Å². The van der Waals surface area contributed by atoms with Crippen molar-refractivity contribution in [3.63, 3.8) is 0 Å². The van der Waals surface area contributed by atoms with E-state index < -0.39 is 5.41 Å². The van der Waals surface area contributed by atoms with Crippen molar-refractivity contribution in [3.05, 3.63) is 52.2 Å². The van der Waals surface area contributed by atoms with Crippen LogP contribution in [0.25, 0.3) is 0 Å². The molecule has 26 heavy (non-hydrogen) atoms. The first-order valence-corrected chi connectivity index (χ1v) is 10.2. The van der Waals surface area contributed by atoms with Crippen LogP contribution in [0.5, 0.6) is 5.75 Å². The zero-order chi connectivity index (χ0) is 18.4. The second kappa shape index (κ2) is 8.69. The lowest BCUT2D eigenvalue weighted by atomic mass is 9.73. The minimum Gasteiger partial charge on any atom is -0.497 e. The second-order valence-corrected chi connectivity index (χ2v) is 7.56. The highest BCUT2D eigenvalue weighted by Crippen LogP contribution is 2.38. The third-order valence-corrected chi connectivity index (χ3v) is 5.86. The molecule has 1 aliphatic rings. The van der Waals surface area contributed by atoms with Crippen LogP contribution < -0.4 is 4.74 Å². The van der Waals surface area contributed by atoms with Gasteiger partial charge in [0.1, 0.15) is 5.75 Å². The number of carbonyl (C=O) groups excluding carboxylic acids is 1. The SMILES string of the molecule is CCCN(Cc1ccsc1)C(=O)C1(c2ccc(OC)cc2)CCOCC1. The molecule has 3 rings (SSSR count). The molecular formula is C21H27NO3S. The molecule has 0 bridgehead atoms. The van der Waals surface area contributed by atoms with Crippen LogP contribution in [0.4, 0.5) is 0 Å². The number of carbonyl (C=O) groups is 1. The fraction of sp³-hybridized carbons (Fsp3) is 0.476. The van der Waals surface area contributed by atoms with Gasteiger partial charge in [0.2, 0.25) is 5.91 Å². The van der Waals surface area contributed by atoms with Crippen LogP contribution in [0.15, 0.2) is 41.1 Å². The van der Waals surface area contributed by atoms with Gasteiger partial charge >= 0.3 is 0 Å². The summed E-state index contributed by atoms with van der Waals surface area (Å²) in [6, 6.07) is 10.1. The van der Waals surface area contributed by atoms with Gasteiger partial charge in [0.05, 0.1) is 12.5 Å². The number of benzene rings is 1. The molecule has 140 valence electrons. The van der Waals surface area contributed by atoms with Gasteiger partial charge in [0.25, 0.3) is 0 Å². The van der Waals surface area contributed by atoms with Gasteiger partial charge in [-0.2, -0.15) is 11.3 Å². The Hall–Kier alpha value is -1.85. The van der Waals surface area contributed by atoms with Gasteiger partial charge in [-0.1, -0.05) is 19.1 Å². The monoisotopic (exact) mass is 373 g/mol. The maximum Gasteiger partial charge on any atom is 0.233 e. The van der Waals surface area contributed by atoms with Gasteiger partial charge in [-0.05, 0) is 59.3 Å². The first-order valence-electron chi connectivity index (χ1n) is 9.22. The third-order valence-electron chi connectivity index (χ3n) is 5.13. The number of thiophene rings is 1. The number of nitrogens with zero attached hydrogens (tertiary/aromatic N) is 1. The molecule has 1 aromatic heterocycles. The van der Waals surface area contributed by atoms with Crippen LogP contribution in [0.3, 0.4) is 0 Å². The predicted molar refractivity (Wildman–Crippen MR) is 105 cm³/mol. The largest absolute Gasteiger partial charge is 0.497 e. The molecule has 0 N–H and O–H groups in total. The zero-order valence-corrected chi connectivity index (χ0v) is 16.4. The van der Waals surface area contributed by atoms with Gasteiger partial charge in [-0.3, -0.25) is 4.79 Å². The topological polar surface area (TPSA) is 38.8 Å². The molecule has 0 saturated carbocycles. The number of amides is 1. The van der Waals surface area contributed by atoms with Crippen molar-refractivity contribution in [2.24, 2.45) is 0 Å². The van der Waals surface area contributed by atoms with Gasteiger partial charge in [-0.15, -0.1) is 0 Å². The molecule has 1 aliphatic heterocycles. The molecule has 0 unspecified atom stereocenters. The van der Waals surface area contributed by atoms with Crippen molar-refractivity contribution in [1.29, 1.82) is 0 Å². The number of hydrogen-bond acceptors (Lipinski definition) is 4. The van der Waals surface area contributed by atoms with Crippen LogP contribution in [0.2, 0.25) is 0 Å². The molecule has 1 amide bonds. The van der Waals surface area contributed by atoms with Crippen molar-refractivity contribution in [1.82, 2.24) is 4.90 Å². The minimum absolute atomic E-state index is 0.221. The molecule has 0 spiro atoms. The maximum atomic E-state index is 13.7. The zero-order valence-electron chi connectivity index (χ0n) is 15.6. The summed E-state index contributed by atoms with van der Waals surface area (Å²) < 4.78 is 10.9. The van der Waals surface area contributed by atoms with Crippen LogP contribution in [0, 0.1) is 0 Å². The Morgan fingerprint density at radius 1 is 1.23 bits per heavy atom. The van der Waals surface area contributed by atoms with Gasteiger partial charge in [0, 0.05) is 26.3 Å². The number of rotatable bonds is 7. The molecule has 2 heterocycles. The van der Waals surface area contributed by atoms with Crippen LogP contribution in [-0.4, -0.2) is 37.7 Å².